The van der Waals surface area contributed by atoms with Crippen molar-refractivity contribution in [3.05, 3.63) is 59.3 Å². The Kier molecular flexibility index (Phi) is 6.74. The number of nitrogens with one attached hydrogen (secondary N) is 4. The average molecular weight is 514 g/mol. The molecule has 12 heteroatoms. The van der Waals surface area contributed by atoms with Gasteiger partial charge in [-0.25, -0.2) is 4.98 Å². The zero-order valence-electron chi connectivity index (χ0n) is 20.1. The first-order valence-electron chi connectivity index (χ1n) is 11.8. The first-order chi connectivity index (χ1) is 17.8. The quantitative estimate of drug-likeness (QED) is 0.379. The van der Waals surface area contributed by atoms with Gasteiger partial charge < -0.3 is 30.9 Å². The molecule has 4 N–H and O–H groups in total. The molecule has 1 amide bonds. The second-order valence-corrected chi connectivity index (χ2v) is 8.72. The molecule has 3 heterocycles. The molecule has 0 radical (unpaired) electrons. The first kappa shape index (κ1) is 24.6. The number of hydrogen-bond acceptors (Lipinski definition) is 8. The van der Waals surface area contributed by atoms with Gasteiger partial charge in [-0.3, -0.25) is 4.79 Å². The zero-order valence-corrected chi connectivity index (χ0v) is 20.1. The van der Waals surface area contributed by atoms with Crippen LogP contribution in [0.3, 0.4) is 0 Å². The molecule has 5 rings (SSSR count). The van der Waals surface area contributed by atoms with E-state index in [1.165, 1.54) is 7.11 Å². The fourth-order valence-electron chi connectivity index (χ4n) is 4.47. The van der Waals surface area contributed by atoms with E-state index >= 15 is 0 Å². The number of nitrogens with zero attached hydrogens (tertiary/aromatic N) is 3. The Morgan fingerprint density at radius 2 is 1.97 bits per heavy atom. The van der Waals surface area contributed by atoms with Crippen molar-refractivity contribution < 1.29 is 22.7 Å². The van der Waals surface area contributed by atoms with Gasteiger partial charge in [0.25, 0.3) is 0 Å². The number of rotatable bonds is 7. The van der Waals surface area contributed by atoms with Crippen LogP contribution in [0.1, 0.15) is 16.7 Å². The maximum absolute atomic E-state index is 13.7. The molecule has 194 valence electrons. The van der Waals surface area contributed by atoms with Gasteiger partial charge in [0, 0.05) is 56.4 Å². The summed E-state index contributed by atoms with van der Waals surface area (Å²) < 4.78 is 46.7. The van der Waals surface area contributed by atoms with E-state index in [-0.39, 0.29) is 30.6 Å². The summed E-state index contributed by atoms with van der Waals surface area (Å²) in [5, 5.41) is 11.8. The number of anilines is 5. The lowest BCUT2D eigenvalue weighted by atomic mass is 10.0. The highest BCUT2D eigenvalue weighted by Gasteiger charge is 2.35. The average Bonchev–Trinajstić information content (AvgIpc) is 3.28. The number of piperazine rings is 1. The molecule has 3 aromatic rings. The third kappa shape index (κ3) is 5.38. The normalized spacial score (nSPS) is 15.2. The summed E-state index contributed by atoms with van der Waals surface area (Å²) in [6.45, 7) is 3.55. The van der Waals surface area contributed by atoms with E-state index in [0.29, 0.717) is 22.7 Å². The molecule has 0 spiro atoms. The summed E-state index contributed by atoms with van der Waals surface area (Å²) in [7, 11) is 1.53. The van der Waals surface area contributed by atoms with Crippen LogP contribution in [0.4, 0.5) is 42.0 Å². The fraction of sp³-hybridized carbons (Fsp3) is 0.320. The van der Waals surface area contributed by atoms with Crippen LogP contribution in [0.25, 0.3) is 0 Å². The number of carbonyl (C=O) groups is 1. The van der Waals surface area contributed by atoms with E-state index < -0.39 is 11.7 Å². The number of halogens is 3. The topological polar surface area (TPSA) is 103 Å². The van der Waals surface area contributed by atoms with Gasteiger partial charge in [-0.2, -0.15) is 18.2 Å². The van der Waals surface area contributed by atoms with E-state index in [4.69, 9.17) is 4.74 Å². The van der Waals surface area contributed by atoms with Gasteiger partial charge in [0.05, 0.1) is 19.2 Å². The van der Waals surface area contributed by atoms with E-state index in [1.54, 1.807) is 24.3 Å². The molecular weight excluding hydrogens is 487 g/mol. The fourth-order valence-corrected chi connectivity index (χ4v) is 4.47. The highest BCUT2D eigenvalue weighted by Crippen LogP contribution is 2.36. The maximum Gasteiger partial charge on any atom is 0.421 e. The third-order valence-corrected chi connectivity index (χ3v) is 6.34. The highest BCUT2D eigenvalue weighted by molar-refractivity contribution is 5.99. The van der Waals surface area contributed by atoms with Crippen LogP contribution in [0.5, 0.6) is 5.75 Å². The maximum atomic E-state index is 13.7. The molecule has 0 unspecified atom stereocenters. The number of hydrogen-bond donors (Lipinski definition) is 4. The number of aromatic nitrogens is 2. The molecule has 1 saturated heterocycles. The molecule has 0 saturated carbocycles. The van der Waals surface area contributed by atoms with Crippen LogP contribution >= 0.6 is 0 Å². The predicted octanol–water partition coefficient (Wildman–Crippen LogP) is 3.76. The Bertz CT molecular complexity index is 1310. The van der Waals surface area contributed by atoms with Crippen molar-refractivity contribution in [3.63, 3.8) is 0 Å². The van der Waals surface area contributed by atoms with Gasteiger partial charge in [0.15, 0.2) is 0 Å². The van der Waals surface area contributed by atoms with Crippen molar-refractivity contribution in [2.45, 2.75) is 19.1 Å². The van der Waals surface area contributed by atoms with Gasteiger partial charge in [0.1, 0.15) is 17.1 Å². The lowest BCUT2D eigenvalue weighted by molar-refractivity contribution is -0.137. The Balaban J connectivity index is 1.39. The highest BCUT2D eigenvalue weighted by atomic mass is 19.4. The molecule has 0 atom stereocenters. The minimum Gasteiger partial charge on any atom is -0.494 e. The van der Waals surface area contributed by atoms with Crippen molar-refractivity contribution in [2.24, 2.45) is 0 Å². The molecule has 9 nitrogen and oxygen atoms in total. The van der Waals surface area contributed by atoms with Gasteiger partial charge >= 0.3 is 6.18 Å². The zero-order chi connectivity index (χ0) is 26.0. The van der Waals surface area contributed by atoms with Gasteiger partial charge in [0.2, 0.25) is 11.9 Å². The third-order valence-electron chi connectivity index (χ3n) is 6.34. The Morgan fingerprint density at radius 1 is 1.16 bits per heavy atom. The minimum atomic E-state index is -4.65. The van der Waals surface area contributed by atoms with E-state index in [0.717, 1.165) is 43.6 Å². The van der Waals surface area contributed by atoms with E-state index in [9.17, 15) is 18.0 Å². The second kappa shape index (κ2) is 10.1. The lowest BCUT2D eigenvalue weighted by Gasteiger charge is -2.30. The van der Waals surface area contributed by atoms with Crippen LogP contribution in [0.2, 0.25) is 0 Å². The number of amides is 1. The summed E-state index contributed by atoms with van der Waals surface area (Å²) in [5.41, 5.74) is 2.67. The Morgan fingerprint density at radius 3 is 2.73 bits per heavy atom. The number of fused-ring (bicyclic) bond motifs is 1. The van der Waals surface area contributed by atoms with Crippen LogP contribution in [0.15, 0.2) is 42.6 Å². The molecule has 0 bridgehead atoms. The SMILES string of the molecule is COc1cc(N2CCNCC2)ccc1Nc1ncc(C(F)(F)F)c(NCc2cccc3c2CC(=O)N3)n1. The number of ether oxygens (including phenoxy) is 1. The van der Waals surface area contributed by atoms with E-state index in [2.05, 4.69) is 36.1 Å². The standard InChI is InChI=1S/C25H26F3N7O2/c1-37-21-11-16(35-9-7-29-8-10-35)5-6-20(21)33-24-31-14-18(25(26,27)28)23(34-24)30-13-15-3-2-4-19-17(15)12-22(36)32-19/h2-6,11,14,29H,7-10,12-13H2,1H3,(H,32,36)(H2,30,31,33,34). The number of carbonyl (C=O) groups excluding carboxylic acids is 1. The van der Waals surface area contributed by atoms with Crippen molar-refractivity contribution in [2.75, 3.05) is 54.1 Å². The Labute approximate surface area is 211 Å². The van der Waals surface area contributed by atoms with Gasteiger partial charge in [-0.1, -0.05) is 12.1 Å². The van der Waals surface area contributed by atoms with E-state index in [1.807, 2.05) is 12.1 Å². The molecular formula is C25H26F3N7O2. The van der Waals surface area contributed by atoms with Crippen LogP contribution in [0, 0.1) is 0 Å². The van der Waals surface area contributed by atoms with Crippen molar-refractivity contribution in [1.82, 2.24) is 15.3 Å². The summed E-state index contributed by atoms with van der Waals surface area (Å²) in [6.07, 6.45) is -3.72. The predicted molar refractivity (Wildman–Crippen MR) is 134 cm³/mol. The smallest absolute Gasteiger partial charge is 0.421 e. The molecule has 0 aliphatic carbocycles. The molecule has 2 aliphatic heterocycles. The van der Waals surface area contributed by atoms with Crippen molar-refractivity contribution in [3.8, 4) is 5.75 Å². The molecule has 1 fully saturated rings. The summed E-state index contributed by atoms with van der Waals surface area (Å²) >= 11 is 0. The van der Waals surface area contributed by atoms with Gasteiger partial charge in [-0.05, 0) is 29.3 Å². The van der Waals surface area contributed by atoms with Crippen LogP contribution in [-0.2, 0) is 23.9 Å². The van der Waals surface area contributed by atoms with Crippen molar-refractivity contribution in [1.29, 1.82) is 0 Å². The lowest BCUT2D eigenvalue weighted by Crippen LogP contribution is -2.43. The molecule has 37 heavy (non-hydrogen) atoms. The minimum absolute atomic E-state index is 0.0149. The number of benzene rings is 2. The monoisotopic (exact) mass is 513 g/mol. The van der Waals surface area contributed by atoms with Crippen LogP contribution < -0.4 is 30.9 Å². The largest absolute Gasteiger partial charge is 0.494 e. The van der Waals surface area contributed by atoms with Crippen LogP contribution in [-0.4, -0.2) is 49.2 Å². The number of alkyl halides is 3. The molecule has 2 aromatic carbocycles. The molecule has 1 aromatic heterocycles. The summed E-state index contributed by atoms with van der Waals surface area (Å²) in [6, 6.07) is 10.9. The molecule has 2 aliphatic rings. The second-order valence-electron chi connectivity index (χ2n) is 8.72. The first-order valence-corrected chi connectivity index (χ1v) is 11.8. The summed E-state index contributed by atoms with van der Waals surface area (Å²) in [5.74, 6) is -0.00919. The number of methoxy groups -OCH3 is 1. The van der Waals surface area contributed by atoms with Gasteiger partial charge in [-0.15, -0.1) is 0 Å². The van der Waals surface area contributed by atoms with Crippen molar-refractivity contribution >= 4 is 34.7 Å². The summed E-state index contributed by atoms with van der Waals surface area (Å²) in [4.78, 5) is 22.0. The Hall–Kier alpha value is -4.06.